The average molecular weight is 329 g/mol. The summed E-state index contributed by atoms with van der Waals surface area (Å²) in [6.07, 6.45) is 2.67. The lowest BCUT2D eigenvalue weighted by Crippen LogP contribution is -2.42. The van der Waals surface area contributed by atoms with Crippen LogP contribution in [-0.2, 0) is 18.2 Å². The monoisotopic (exact) mass is 329 g/mol. The van der Waals surface area contributed by atoms with Gasteiger partial charge < -0.3 is 19.1 Å². The fourth-order valence-electron chi connectivity index (χ4n) is 3.42. The molecule has 0 bridgehead atoms. The summed E-state index contributed by atoms with van der Waals surface area (Å²) in [7, 11) is 3.55. The third kappa shape index (κ3) is 2.32. The van der Waals surface area contributed by atoms with Crippen LogP contribution in [0.5, 0.6) is 11.5 Å². The first-order valence-electron chi connectivity index (χ1n) is 7.89. The summed E-state index contributed by atoms with van der Waals surface area (Å²) in [4.78, 5) is 14.9. The fraction of sp³-hybridized carbons (Fsp3) is 0.412. The minimum Gasteiger partial charge on any atom is -0.454 e. The number of carbonyl (C=O) groups excluding carboxylic acids is 1. The van der Waals surface area contributed by atoms with Gasteiger partial charge in [-0.1, -0.05) is 0 Å². The van der Waals surface area contributed by atoms with Crippen molar-refractivity contribution in [2.45, 2.75) is 12.5 Å². The minimum absolute atomic E-state index is 0.0396. The lowest BCUT2D eigenvalue weighted by atomic mass is 9.99. The molecule has 0 N–H and O–H groups in total. The highest BCUT2D eigenvalue weighted by molar-refractivity contribution is 5.95. The number of methoxy groups -OCH3 is 1. The van der Waals surface area contributed by atoms with E-state index in [1.165, 1.54) is 5.56 Å². The molecule has 1 aromatic carbocycles. The van der Waals surface area contributed by atoms with E-state index in [9.17, 15) is 4.79 Å². The van der Waals surface area contributed by atoms with E-state index in [-0.39, 0.29) is 18.7 Å². The smallest absolute Gasteiger partial charge is 0.254 e. The number of nitrogens with zero attached hydrogens (tertiary/aromatic N) is 3. The molecule has 1 amide bonds. The second kappa shape index (κ2) is 5.83. The third-order valence-electron chi connectivity index (χ3n) is 4.58. The largest absolute Gasteiger partial charge is 0.454 e. The van der Waals surface area contributed by atoms with Gasteiger partial charge in [0.2, 0.25) is 6.79 Å². The van der Waals surface area contributed by atoms with Crippen molar-refractivity contribution in [1.29, 1.82) is 0 Å². The maximum absolute atomic E-state index is 13.1. The van der Waals surface area contributed by atoms with Crippen LogP contribution in [0.15, 0.2) is 24.4 Å². The number of amides is 1. The third-order valence-corrected chi connectivity index (χ3v) is 4.58. The van der Waals surface area contributed by atoms with Crippen molar-refractivity contribution < 1.29 is 19.0 Å². The molecule has 1 aromatic heterocycles. The highest BCUT2D eigenvalue weighted by Gasteiger charge is 2.34. The van der Waals surface area contributed by atoms with Crippen molar-refractivity contribution in [3.8, 4) is 11.5 Å². The number of rotatable bonds is 3. The molecule has 24 heavy (non-hydrogen) atoms. The van der Waals surface area contributed by atoms with Crippen LogP contribution in [0.2, 0.25) is 0 Å². The van der Waals surface area contributed by atoms with Crippen LogP contribution < -0.4 is 9.47 Å². The van der Waals surface area contributed by atoms with Gasteiger partial charge in [-0.3, -0.25) is 9.48 Å². The van der Waals surface area contributed by atoms with Crippen LogP contribution >= 0.6 is 0 Å². The summed E-state index contributed by atoms with van der Waals surface area (Å²) in [5.74, 6) is 1.25. The lowest BCUT2D eigenvalue weighted by molar-refractivity contribution is 0.0484. The van der Waals surface area contributed by atoms with Crippen LogP contribution in [0.4, 0.5) is 0 Å². The Kier molecular flexibility index (Phi) is 3.65. The standard InChI is InChI=1S/C17H19N3O4/c1-19-16-12(8-18-19)5-6-20(13(16)9-22-2)17(21)11-3-4-14-15(7-11)24-10-23-14/h3-4,7-8,13H,5-6,9-10H2,1-2H3. The van der Waals surface area contributed by atoms with Crippen LogP contribution in [0.1, 0.15) is 27.7 Å². The quantitative estimate of drug-likeness (QED) is 0.854. The predicted octanol–water partition coefficient (Wildman–Crippen LogP) is 1.53. The number of fused-ring (bicyclic) bond motifs is 2. The van der Waals surface area contributed by atoms with E-state index < -0.39 is 0 Å². The van der Waals surface area contributed by atoms with Gasteiger partial charge in [0.05, 0.1) is 24.5 Å². The van der Waals surface area contributed by atoms with Crippen molar-refractivity contribution in [1.82, 2.24) is 14.7 Å². The number of ether oxygens (including phenoxy) is 3. The Morgan fingerprint density at radius 3 is 3.04 bits per heavy atom. The number of hydrogen-bond donors (Lipinski definition) is 0. The van der Waals surface area contributed by atoms with E-state index in [1.807, 2.05) is 22.8 Å². The molecule has 1 atom stereocenters. The molecule has 0 aliphatic carbocycles. The van der Waals surface area contributed by atoms with Gasteiger partial charge in [-0.25, -0.2) is 0 Å². The molecule has 0 saturated carbocycles. The molecule has 0 saturated heterocycles. The SMILES string of the molecule is COCC1c2c(cnn2C)CCN1C(=O)c1ccc2c(c1)OCO2. The van der Waals surface area contributed by atoms with Gasteiger partial charge >= 0.3 is 0 Å². The summed E-state index contributed by atoms with van der Waals surface area (Å²) in [5.41, 5.74) is 2.80. The molecule has 0 spiro atoms. The van der Waals surface area contributed by atoms with Crippen LogP contribution in [-0.4, -0.2) is 47.6 Å². The van der Waals surface area contributed by atoms with E-state index in [0.717, 1.165) is 12.1 Å². The lowest BCUT2D eigenvalue weighted by Gasteiger charge is -2.35. The van der Waals surface area contributed by atoms with Gasteiger partial charge in [0.15, 0.2) is 11.5 Å². The molecule has 126 valence electrons. The Hall–Kier alpha value is -2.54. The Morgan fingerprint density at radius 1 is 1.38 bits per heavy atom. The number of hydrogen-bond acceptors (Lipinski definition) is 5. The fourth-order valence-corrected chi connectivity index (χ4v) is 3.42. The first-order valence-corrected chi connectivity index (χ1v) is 7.89. The summed E-state index contributed by atoms with van der Waals surface area (Å²) in [6.45, 7) is 1.27. The predicted molar refractivity (Wildman–Crippen MR) is 85.1 cm³/mol. The van der Waals surface area contributed by atoms with E-state index in [4.69, 9.17) is 14.2 Å². The first kappa shape index (κ1) is 15.0. The molecular weight excluding hydrogens is 310 g/mol. The molecule has 0 fully saturated rings. The van der Waals surface area contributed by atoms with Gasteiger partial charge in [-0.05, 0) is 30.2 Å². The first-order chi connectivity index (χ1) is 11.7. The molecule has 2 aromatic rings. The summed E-state index contributed by atoms with van der Waals surface area (Å²) >= 11 is 0. The normalized spacial score (nSPS) is 18.6. The van der Waals surface area contributed by atoms with Gasteiger partial charge in [-0.2, -0.15) is 5.10 Å². The number of aryl methyl sites for hydroxylation is 1. The number of benzene rings is 1. The second-order valence-electron chi connectivity index (χ2n) is 5.97. The van der Waals surface area contributed by atoms with E-state index in [0.29, 0.717) is 30.2 Å². The Balaban J connectivity index is 1.67. The number of aromatic nitrogens is 2. The highest BCUT2D eigenvalue weighted by Crippen LogP contribution is 2.35. The molecule has 1 unspecified atom stereocenters. The topological polar surface area (TPSA) is 65.8 Å². The highest BCUT2D eigenvalue weighted by atomic mass is 16.7. The molecular formula is C17H19N3O4. The molecule has 7 heteroatoms. The maximum Gasteiger partial charge on any atom is 0.254 e. The molecule has 2 aliphatic rings. The number of carbonyl (C=O) groups is 1. The molecule has 4 rings (SSSR count). The summed E-state index contributed by atoms with van der Waals surface area (Å²) in [6, 6.07) is 5.15. The van der Waals surface area contributed by atoms with Crippen molar-refractivity contribution in [3.05, 3.63) is 41.2 Å². The van der Waals surface area contributed by atoms with Gasteiger partial charge in [-0.15, -0.1) is 0 Å². The minimum atomic E-state index is -0.149. The Labute approximate surface area is 139 Å². The van der Waals surface area contributed by atoms with E-state index >= 15 is 0 Å². The van der Waals surface area contributed by atoms with Crippen LogP contribution in [0.3, 0.4) is 0 Å². The molecule has 3 heterocycles. The van der Waals surface area contributed by atoms with E-state index in [1.54, 1.807) is 25.3 Å². The van der Waals surface area contributed by atoms with Crippen LogP contribution in [0.25, 0.3) is 0 Å². The average Bonchev–Trinajstić information content (AvgIpc) is 3.21. The van der Waals surface area contributed by atoms with Gasteiger partial charge in [0, 0.05) is 26.3 Å². The second-order valence-corrected chi connectivity index (χ2v) is 5.97. The Bertz CT molecular complexity index is 786. The maximum atomic E-state index is 13.1. The summed E-state index contributed by atoms with van der Waals surface area (Å²) in [5, 5.41) is 4.33. The van der Waals surface area contributed by atoms with Crippen molar-refractivity contribution in [3.63, 3.8) is 0 Å². The van der Waals surface area contributed by atoms with Crippen molar-refractivity contribution >= 4 is 5.91 Å². The van der Waals surface area contributed by atoms with Gasteiger partial charge in [0.1, 0.15) is 0 Å². The molecule has 0 radical (unpaired) electrons. The zero-order valence-corrected chi connectivity index (χ0v) is 13.7. The molecule has 7 nitrogen and oxygen atoms in total. The van der Waals surface area contributed by atoms with Crippen molar-refractivity contribution in [2.24, 2.45) is 7.05 Å². The Morgan fingerprint density at radius 2 is 2.21 bits per heavy atom. The molecule has 2 aliphatic heterocycles. The van der Waals surface area contributed by atoms with Gasteiger partial charge in [0.25, 0.3) is 5.91 Å². The van der Waals surface area contributed by atoms with Crippen molar-refractivity contribution in [2.75, 3.05) is 27.1 Å². The van der Waals surface area contributed by atoms with Crippen LogP contribution in [0, 0.1) is 0 Å². The zero-order chi connectivity index (χ0) is 16.7. The zero-order valence-electron chi connectivity index (χ0n) is 13.7. The summed E-state index contributed by atoms with van der Waals surface area (Å²) < 4.78 is 17.9. The van der Waals surface area contributed by atoms with E-state index in [2.05, 4.69) is 5.10 Å².